The molecule has 0 saturated carbocycles. The van der Waals surface area contributed by atoms with Gasteiger partial charge in [0.25, 0.3) is 0 Å². The van der Waals surface area contributed by atoms with E-state index in [0.717, 1.165) is 12.0 Å². The molecular weight excluding hydrogens is 214 g/mol. The van der Waals surface area contributed by atoms with Crippen molar-refractivity contribution in [1.82, 2.24) is 0 Å². The van der Waals surface area contributed by atoms with Gasteiger partial charge in [-0.25, -0.2) is 4.99 Å². The van der Waals surface area contributed by atoms with Gasteiger partial charge in [0, 0.05) is 6.10 Å². The predicted molar refractivity (Wildman–Crippen MR) is 74.9 cm³/mol. The van der Waals surface area contributed by atoms with Crippen molar-refractivity contribution in [2.75, 3.05) is 0 Å². The number of hydrogen-bond donors (Lipinski definition) is 0. The number of hydrogen-bond acceptors (Lipinski definition) is 2. The highest BCUT2D eigenvalue weighted by molar-refractivity contribution is 6.69. The zero-order chi connectivity index (χ0) is 13.0. The lowest BCUT2D eigenvalue weighted by atomic mass is 9.98. The van der Waals surface area contributed by atoms with Crippen LogP contribution in [0.3, 0.4) is 0 Å². The maximum absolute atomic E-state index is 6.02. The average molecular weight is 241 g/mol. The van der Waals surface area contributed by atoms with Gasteiger partial charge in [-0.15, -0.1) is 0 Å². The summed E-state index contributed by atoms with van der Waals surface area (Å²) in [5.74, 6) is 3.05. The van der Waals surface area contributed by atoms with Crippen molar-refractivity contribution in [3.63, 3.8) is 0 Å². The third-order valence-corrected chi connectivity index (χ3v) is 3.03. The molecule has 0 aliphatic rings. The summed E-state index contributed by atoms with van der Waals surface area (Å²) in [5, 5.41) is 0. The smallest absolute Gasteiger partial charge is 0.184 e. The van der Waals surface area contributed by atoms with E-state index in [1.165, 1.54) is 0 Å². The molecule has 0 aromatic heterocycles. The van der Waals surface area contributed by atoms with Crippen LogP contribution in [0.25, 0.3) is 0 Å². The lowest BCUT2D eigenvalue weighted by Gasteiger charge is -2.28. The van der Waals surface area contributed by atoms with Crippen molar-refractivity contribution in [2.24, 2.45) is 4.99 Å². The van der Waals surface area contributed by atoms with E-state index in [2.05, 4.69) is 51.3 Å². The van der Waals surface area contributed by atoms with Crippen LogP contribution < -0.4 is 0 Å². The fourth-order valence-corrected chi connectivity index (χ4v) is 2.95. The molecule has 2 nitrogen and oxygen atoms in total. The highest BCUT2D eigenvalue weighted by atomic mass is 28.4. The summed E-state index contributed by atoms with van der Waals surface area (Å²) < 4.78 is 6.02. The summed E-state index contributed by atoms with van der Waals surface area (Å²) in [5.41, 5.74) is 1.03. The molecule has 0 radical (unpaired) electrons. The van der Waals surface area contributed by atoms with Crippen LogP contribution in [0.5, 0.6) is 0 Å². The molecule has 0 aromatic rings. The Morgan fingerprint density at radius 2 is 1.81 bits per heavy atom. The molecule has 16 heavy (non-hydrogen) atoms. The van der Waals surface area contributed by atoms with Gasteiger partial charge in [0.1, 0.15) is 0 Å². The van der Waals surface area contributed by atoms with E-state index >= 15 is 0 Å². The molecule has 0 unspecified atom stereocenters. The van der Waals surface area contributed by atoms with Crippen LogP contribution in [0.4, 0.5) is 0 Å². The van der Waals surface area contributed by atoms with Crippen molar-refractivity contribution in [1.29, 1.82) is 0 Å². The molecule has 0 fully saturated rings. The van der Waals surface area contributed by atoms with Gasteiger partial charge in [-0.05, 0) is 72.1 Å². The second-order valence-electron chi connectivity index (χ2n) is 6.28. The summed E-state index contributed by atoms with van der Waals surface area (Å²) in [6, 6.07) is 0. The lowest BCUT2D eigenvalue weighted by molar-refractivity contribution is 0.177. The number of rotatable bonds is 5. The quantitative estimate of drug-likeness (QED) is 0.526. The van der Waals surface area contributed by atoms with E-state index in [0.29, 0.717) is 0 Å². The number of allylic oxidation sites excluding steroid dienone is 1. The Labute approximate surface area is 102 Å². The normalized spacial score (nSPS) is 14.2. The van der Waals surface area contributed by atoms with Gasteiger partial charge in [0.2, 0.25) is 0 Å². The molecule has 0 saturated heterocycles. The van der Waals surface area contributed by atoms with E-state index < -0.39 is 8.32 Å². The van der Waals surface area contributed by atoms with Crippen LogP contribution in [0.1, 0.15) is 41.0 Å². The van der Waals surface area contributed by atoms with Gasteiger partial charge in [-0.3, -0.25) is 0 Å². The Balaban J connectivity index is 4.43. The Morgan fingerprint density at radius 1 is 1.31 bits per heavy atom. The minimum Gasteiger partial charge on any atom is -0.415 e. The third-order valence-electron chi connectivity index (χ3n) is 1.92. The predicted octanol–water partition coefficient (Wildman–Crippen LogP) is 4.03. The molecule has 0 aliphatic heterocycles. The van der Waals surface area contributed by atoms with Crippen LogP contribution in [0, 0.1) is 0 Å². The van der Waals surface area contributed by atoms with Crippen LogP contribution in [0.15, 0.2) is 10.6 Å². The van der Waals surface area contributed by atoms with Gasteiger partial charge in [0.05, 0.1) is 5.54 Å². The molecule has 0 aromatic carbocycles. The van der Waals surface area contributed by atoms with Crippen LogP contribution >= 0.6 is 0 Å². The topological polar surface area (TPSA) is 21.6 Å². The molecule has 0 rings (SSSR count). The molecule has 94 valence electrons. The maximum atomic E-state index is 6.02. The van der Waals surface area contributed by atoms with Gasteiger partial charge in [-0.2, -0.15) is 0 Å². The highest BCUT2D eigenvalue weighted by Crippen LogP contribution is 2.20. The molecule has 3 heteroatoms. The molecular formula is C13H27NOSi. The van der Waals surface area contributed by atoms with Gasteiger partial charge in [0.15, 0.2) is 8.32 Å². The second-order valence-corrected chi connectivity index (χ2v) is 10.7. The van der Waals surface area contributed by atoms with E-state index in [1.54, 1.807) is 0 Å². The van der Waals surface area contributed by atoms with Crippen LogP contribution in [-0.4, -0.2) is 25.8 Å². The van der Waals surface area contributed by atoms with Crippen molar-refractivity contribution < 1.29 is 4.43 Å². The lowest BCUT2D eigenvalue weighted by Crippen LogP contribution is -2.34. The molecule has 0 amide bonds. The monoisotopic (exact) mass is 241 g/mol. The minimum atomic E-state index is -1.43. The van der Waals surface area contributed by atoms with E-state index in [-0.39, 0.29) is 11.6 Å². The Morgan fingerprint density at radius 3 is 2.19 bits per heavy atom. The first-order chi connectivity index (χ1) is 7.02. The van der Waals surface area contributed by atoms with E-state index in [9.17, 15) is 0 Å². The largest absolute Gasteiger partial charge is 0.415 e. The maximum Gasteiger partial charge on any atom is 0.184 e. The second kappa shape index (κ2) is 5.81. The Hall–Kier alpha value is -0.373. The molecule has 0 aliphatic carbocycles. The first kappa shape index (κ1) is 15.6. The summed E-state index contributed by atoms with van der Waals surface area (Å²) >= 11 is 0. The molecule has 0 heterocycles. The highest BCUT2D eigenvalue weighted by Gasteiger charge is 2.24. The standard InChI is InChI=1S/C13H27NOSi/c1-11(2)10-14-13(4,5)9-12(3)15-16(6,7)8/h12H,9H2,1-8H3/t12-/m1/s1. The number of aliphatic imine (C=N–C) groups is 1. The SMILES string of the molecule is CC(C)=C=NC(C)(C)C[C@@H](C)O[Si](C)(C)C. The van der Waals surface area contributed by atoms with Gasteiger partial charge in [-0.1, -0.05) is 0 Å². The van der Waals surface area contributed by atoms with Crippen molar-refractivity contribution in [2.45, 2.75) is 72.3 Å². The molecule has 0 bridgehead atoms. The summed E-state index contributed by atoms with van der Waals surface area (Å²) in [4.78, 5) is 4.47. The zero-order valence-corrected chi connectivity index (χ0v) is 13.1. The van der Waals surface area contributed by atoms with Crippen molar-refractivity contribution in [3.8, 4) is 0 Å². The van der Waals surface area contributed by atoms with Crippen molar-refractivity contribution >= 4 is 14.2 Å². The fraction of sp³-hybridized carbons (Fsp3) is 0.846. The molecule has 1 atom stereocenters. The van der Waals surface area contributed by atoms with Crippen LogP contribution in [0.2, 0.25) is 19.6 Å². The number of nitrogens with zero attached hydrogens (tertiary/aromatic N) is 1. The molecule has 0 N–H and O–H groups in total. The third kappa shape index (κ3) is 8.90. The van der Waals surface area contributed by atoms with Gasteiger partial charge < -0.3 is 4.43 Å². The Kier molecular flexibility index (Phi) is 5.67. The minimum absolute atomic E-state index is 0.0870. The van der Waals surface area contributed by atoms with E-state index in [1.807, 2.05) is 13.8 Å². The summed E-state index contributed by atoms with van der Waals surface area (Å²) in [7, 11) is -1.43. The van der Waals surface area contributed by atoms with Crippen molar-refractivity contribution in [3.05, 3.63) is 5.57 Å². The van der Waals surface area contributed by atoms with E-state index in [4.69, 9.17) is 4.43 Å². The fourth-order valence-electron chi connectivity index (χ4n) is 1.66. The first-order valence-electron chi connectivity index (χ1n) is 5.98. The summed E-state index contributed by atoms with van der Waals surface area (Å²) in [6.07, 6.45) is 1.21. The zero-order valence-electron chi connectivity index (χ0n) is 12.1. The van der Waals surface area contributed by atoms with Crippen LogP contribution in [-0.2, 0) is 4.43 Å². The van der Waals surface area contributed by atoms with Gasteiger partial charge >= 0.3 is 0 Å². The Bertz CT molecular complexity index is 279. The first-order valence-corrected chi connectivity index (χ1v) is 9.38. The summed E-state index contributed by atoms with van der Waals surface area (Å²) in [6.45, 7) is 17.1. The average Bonchev–Trinajstić information content (AvgIpc) is 1.95. The molecule has 0 spiro atoms.